The smallest absolute Gasteiger partial charge is 0.384 e. The first-order chi connectivity index (χ1) is 10.5. The van der Waals surface area contributed by atoms with Crippen LogP contribution in [0.5, 0.6) is 0 Å². The van der Waals surface area contributed by atoms with Crippen molar-refractivity contribution >= 4 is 0 Å². The standard InChI is InChI=1S/C11H12F12O2/c1-6(24,8(14,15)4(12)10(18,19)20)3-7(2,25)9(16,17)5(13)11(21,22)23/h4-5,24-25H,3H2,1-2H3. The van der Waals surface area contributed by atoms with Crippen molar-refractivity contribution in [2.45, 2.75) is 68.0 Å². The van der Waals surface area contributed by atoms with E-state index >= 15 is 0 Å². The van der Waals surface area contributed by atoms with E-state index in [1.165, 1.54) is 0 Å². The van der Waals surface area contributed by atoms with E-state index < -0.39 is 54.2 Å². The van der Waals surface area contributed by atoms with Crippen LogP contribution in [0.15, 0.2) is 0 Å². The van der Waals surface area contributed by atoms with E-state index in [4.69, 9.17) is 0 Å². The molecule has 4 unspecified atom stereocenters. The van der Waals surface area contributed by atoms with Crippen molar-refractivity contribution in [3.05, 3.63) is 0 Å². The first kappa shape index (κ1) is 24.1. The van der Waals surface area contributed by atoms with Crippen molar-refractivity contribution < 1.29 is 62.9 Å². The van der Waals surface area contributed by atoms with Gasteiger partial charge in [0, 0.05) is 6.42 Å². The fraction of sp³-hybridized carbons (Fsp3) is 1.00. The first-order valence-electron chi connectivity index (χ1n) is 6.14. The second-order valence-electron chi connectivity index (χ2n) is 5.78. The second kappa shape index (κ2) is 6.35. The van der Waals surface area contributed by atoms with Gasteiger partial charge in [0.25, 0.3) is 12.3 Å². The zero-order valence-corrected chi connectivity index (χ0v) is 12.3. The zero-order valence-electron chi connectivity index (χ0n) is 12.3. The van der Waals surface area contributed by atoms with Gasteiger partial charge in [0.05, 0.1) is 0 Å². The fourth-order valence-corrected chi connectivity index (χ4v) is 1.86. The van der Waals surface area contributed by atoms with Crippen LogP contribution in [0.3, 0.4) is 0 Å². The number of hydrogen-bond acceptors (Lipinski definition) is 2. The highest BCUT2D eigenvalue weighted by molar-refractivity contribution is 5.06. The van der Waals surface area contributed by atoms with Crippen LogP contribution >= 0.6 is 0 Å². The quantitative estimate of drug-likeness (QED) is 0.659. The summed E-state index contributed by atoms with van der Waals surface area (Å²) >= 11 is 0. The molecule has 0 rings (SSSR count). The third-order valence-corrected chi connectivity index (χ3v) is 3.34. The maximum Gasteiger partial charge on any atom is 0.425 e. The lowest BCUT2D eigenvalue weighted by Gasteiger charge is -2.42. The van der Waals surface area contributed by atoms with Crippen molar-refractivity contribution in [3.8, 4) is 0 Å². The summed E-state index contributed by atoms with van der Waals surface area (Å²) in [7, 11) is 0. The lowest BCUT2D eigenvalue weighted by Crippen LogP contribution is -2.64. The maximum atomic E-state index is 13.4. The number of rotatable bonds is 6. The summed E-state index contributed by atoms with van der Waals surface area (Å²) in [5.74, 6) is -11.7. The molecule has 0 aromatic carbocycles. The van der Waals surface area contributed by atoms with Gasteiger partial charge >= 0.3 is 24.2 Å². The van der Waals surface area contributed by atoms with E-state index in [-0.39, 0.29) is 13.8 Å². The van der Waals surface area contributed by atoms with Gasteiger partial charge in [-0.25, -0.2) is 8.78 Å². The van der Waals surface area contributed by atoms with E-state index in [1.54, 1.807) is 0 Å². The van der Waals surface area contributed by atoms with Crippen molar-refractivity contribution in [2.75, 3.05) is 0 Å². The van der Waals surface area contributed by atoms with E-state index in [2.05, 4.69) is 0 Å². The van der Waals surface area contributed by atoms with Crippen LogP contribution in [-0.2, 0) is 0 Å². The summed E-state index contributed by atoms with van der Waals surface area (Å²) in [5.41, 5.74) is -8.83. The Labute approximate surface area is 132 Å². The Morgan fingerprint density at radius 1 is 0.600 bits per heavy atom. The molecule has 14 heteroatoms. The highest BCUT2D eigenvalue weighted by Gasteiger charge is 2.71. The van der Waals surface area contributed by atoms with Gasteiger partial charge in [0.1, 0.15) is 11.2 Å². The molecule has 0 aliphatic rings. The largest absolute Gasteiger partial charge is 0.425 e. The molecule has 152 valence electrons. The predicted molar refractivity (Wildman–Crippen MR) is 57.7 cm³/mol. The Morgan fingerprint density at radius 2 is 0.800 bits per heavy atom. The van der Waals surface area contributed by atoms with Crippen molar-refractivity contribution in [2.24, 2.45) is 0 Å². The Hall–Kier alpha value is -0.920. The van der Waals surface area contributed by atoms with E-state index in [9.17, 15) is 62.9 Å². The average Bonchev–Trinajstić information content (AvgIpc) is 2.32. The molecule has 0 saturated carbocycles. The fourth-order valence-electron chi connectivity index (χ4n) is 1.86. The zero-order chi connectivity index (χ0) is 20.9. The van der Waals surface area contributed by atoms with Crippen molar-refractivity contribution in [1.82, 2.24) is 0 Å². The minimum Gasteiger partial charge on any atom is -0.384 e. The van der Waals surface area contributed by atoms with Crippen LogP contribution in [0.1, 0.15) is 20.3 Å². The summed E-state index contributed by atoms with van der Waals surface area (Å²) < 4.78 is 152. The van der Waals surface area contributed by atoms with Gasteiger partial charge in [-0.05, 0) is 13.8 Å². The Kier molecular flexibility index (Phi) is 6.12. The SMILES string of the molecule is CC(O)(CC(C)(O)C(F)(F)C(F)C(F)(F)F)C(F)(F)C(F)C(F)(F)F. The third-order valence-electron chi connectivity index (χ3n) is 3.34. The number of aliphatic hydroxyl groups is 2. The lowest BCUT2D eigenvalue weighted by atomic mass is 9.78. The van der Waals surface area contributed by atoms with Gasteiger partial charge < -0.3 is 10.2 Å². The molecule has 0 amide bonds. The summed E-state index contributed by atoms with van der Waals surface area (Å²) in [4.78, 5) is 0. The molecule has 0 spiro atoms. The predicted octanol–water partition coefficient (Wildman–Crippen LogP) is 3.95. The van der Waals surface area contributed by atoms with Gasteiger partial charge in [-0.3, -0.25) is 0 Å². The number of alkyl halides is 12. The van der Waals surface area contributed by atoms with Gasteiger partial charge in [-0.2, -0.15) is 43.9 Å². The number of hydrogen-bond donors (Lipinski definition) is 2. The summed E-state index contributed by atoms with van der Waals surface area (Å²) in [5, 5.41) is 18.5. The second-order valence-corrected chi connectivity index (χ2v) is 5.78. The Morgan fingerprint density at radius 3 is 0.960 bits per heavy atom. The molecular weight excluding hydrogens is 392 g/mol. The van der Waals surface area contributed by atoms with E-state index in [0.29, 0.717) is 0 Å². The topological polar surface area (TPSA) is 40.5 Å². The van der Waals surface area contributed by atoms with Crippen LogP contribution < -0.4 is 0 Å². The van der Waals surface area contributed by atoms with Gasteiger partial charge in [-0.15, -0.1) is 0 Å². The third kappa shape index (κ3) is 4.63. The molecule has 0 aliphatic heterocycles. The summed E-state index contributed by atoms with van der Waals surface area (Å²) in [6.07, 6.45) is -25.3. The van der Waals surface area contributed by atoms with E-state index in [0.717, 1.165) is 0 Å². The van der Waals surface area contributed by atoms with Crippen LogP contribution in [-0.4, -0.2) is 58.0 Å². The van der Waals surface area contributed by atoms with Gasteiger partial charge in [-0.1, -0.05) is 0 Å². The van der Waals surface area contributed by atoms with Crippen molar-refractivity contribution in [1.29, 1.82) is 0 Å². The number of halogens is 12. The molecule has 0 aromatic heterocycles. The molecule has 0 fully saturated rings. The highest BCUT2D eigenvalue weighted by Crippen LogP contribution is 2.49. The molecule has 0 heterocycles. The lowest BCUT2D eigenvalue weighted by molar-refractivity contribution is -0.321. The summed E-state index contributed by atoms with van der Waals surface area (Å²) in [6, 6.07) is 0. The van der Waals surface area contributed by atoms with Crippen LogP contribution in [0.2, 0.25) is 0 Å². The molecular formula is C11H12F12O2. The Bertz CT molecular complexity index is 423. The maximum absolute atomic E-state index is 13.4. The normalized spacial score (nSPS) is 22.1. The van der Waals surface area contributed by atoms with Crippen LogP contribution in [0, 0.1) is 0 Å². The van der Waals surface area contributed by atoms with E-state index in [1.807, 2.05) is 0 Å². The van der Waals surface area contributed by atoms with Crippen LogP contribution in [0.4, 0.5) is 52.7 Å². The molecule has 2 nitrogen and oxygen atoms in total. The minimum atomic E-state index is -6.27. The molecule has 25 heavy (non-hydrogen) atoms. The molecule has 0 bridgehead atoms. The summed E-state index contributed by atoms with van der Waals surface area (Å²) in [6.45, 7) is -0.645. The minimum absolute atomic E-state index is 0.323. The molecule has 2 N–H and O–H groups in total. The average molecular weight is 404 g/mol. The molecule has 0 aromatic rings. The monoisotopic (exact) mass is 404 g/mol. The van der Waals surface area contributed by atoms with Crippen LogP contribution in [0.25, 0.3) is 0 Å². The van der Waals surface area contributed by atoms with Crippen molar-refractivity contribution in [3.63, 3.8) is 0 Å². The molecule has 0 radical (unpaired) electrons. The molecule has 0 saturated heterocycles. The first-order valence-corrected chi connectivity index (χ1v) is 6.14. The molecule has 4 atom stereocenters. The highest BCUT2D eigenvalue weighted by atomic mass is 19.4. The van der Waals surface area contributed by atoms with Gasteiger partial charge in [0.15, 0.2) is 0 Å². The van der Waals surface area contributed by atoms with Gasteiger partial charge in [0.2, 0.25) is 0 Å². The Balaban J connectivity index is 5.79. The molecule has 0 aliphatic carbocycles.